The highest BCUT2D eigenvalue weighted by molar-refractivity contribution is 6.52. The first-order valence-corrected chi connectivity index (χ1v) is 13.0. The second-order valence-electron chi connectivity index (χ2n) is 10.0. The fraction of sp³-hybridized carbons (Fsp3) is 0.290. The van der Waals surface area contributed by atoms with E-state index in [9.17, 15) is 14.7 Å². The molecule has 1 N–H and O–H groups in total. The second-order valence-corrected chi connectivity index (χ2v) is 10.5. The van der Waals surface area contributed by atoms with Crippen molar-refractivity contribution in [3.05, 3.63) is 94.0 Å². The van der Waals surface area contributed by atoms with Crippen molar-refractivity contribution in [1.82, 2.24) is 0 Å². The van der Waals surface area contributed by atoms with E-state index in [0.29, 0.717) is 36.0 Å². The van der Waals surface area contributed by atoms with Gasteiger partial charge in [-0.1, -0.05) is 62.7 Å². The number of benzene rings is 3. The van der Waals surface area contributed by atoms with Crippen molar-refractivity contribution >= 4 is 34.7 Å². The first-order valence-electron chi connectivity index (χ1n) is 12.6. The van der Waals surface area contributed by atoms with Crippen LogP contribution in [0.15, 0.2) is 72.3 Å². The summed E-state index contributed by atoms with van der Waals surface area (Å²) in [5.74, 6) is -0.845. The summed E-state index contributed by atoms with van der Waals surface area (Å²) in [6, 6.07) is 18.7. The second kappa shape index (κ2) is 10.9. The summed E-state index contributed by atoms with van der Waals surface area (Å²) >= 11 is 6.45. The van der Waals surface area contributed by atoms with Crippen molar-refractivity contribution in [3.63, 3.8) is 0 Å². The molecule has 3 aromatic carbocycles. The molecule has 6 nitrogen and oxygen atoms in total. The van der Waals surface area contributed by atoms with E-state index in [4.69, 9.17) is 21.1 Å². The fourth-order valence-corrected chi connectivity index (χ4v) is 4.76. The Balaban J connectivity index is 1.94. The minimum Gasteiger partial charge on any atom is -0.507 e. The maximum Gasteiger partial charge on any atom is 0.300 e. The molecule has 1 fully saturated rings. The molecular formula is C31H32ClNO5. The maximum atomic E-state index is 13.5. The number of rotatable bonds is 7. The first kappa shape index (κ1) is 27.3. The minimum absolute atomic E-state index is 0.0455. The lowest BCUT2D eigenvalue weighted by atomic mass is 9.85. The van der Waals surface area contributed by atoms with E-state index in [-0.39, 0.29) is 27.3 Å². The number of hydrogen-bond donors (Lipinski definition) is 1. The van der Waals surface area contributed by atoms with Gasteiger partial charge in [0.15, 0.2) is 0 Å². The minimum atomic E-state index is -0.882. The van der Waals surface area contributed by atoms with Crippen LogP contribution in [0, 0.1) is 0 Å². The van der Waals surface area contributed by atoms with Crippen LogP contribution < -0.4 is 14.4 Å². The van der Waals surface area contributed by atoms with Crippen LogP contribution in [0.5, 0.6) is 11.5 Å². The van der Waals surface area contributed by atoms with E-state index in [1.165, 1.54) is 4.90 Å². The summed E-state index contributed by atoms with van der Waals surface area (Å²) in [6.07, 6.45) is 0. The van der Waals surface area contributed by atoms with Gasteiger partial charge in [0.05, 0.1) is 29.9 Å². The number of Topliss-reactive ketones (excluding diaryl/α,β-unsaturated/α-hetero) is 1. The number of aliphatic hydroxyl groups is 1. The Morgan fingerprint density at radius 3 is 2.16 bits per heavy atom. The zero-order valence-electron chi connectivity index (χ0n) is 22.2. The van der Waals surface area contributed by atoms with Crippen molar-refractivity contribution < 1.29 is 24.2 Å². The molecule has 0 spiro atoms. The van der Waals surface area contributed by atoms with Crippen molar-refractivity contribution in [1.29, 1.82) is 0 Å². The molecule has 1 heterocycles. The zero-order chi connectivity index (χ0) is 27.6. The van der Waals surface area contributed by atoms with Gasteiger partial charge in [-0.15, -0.1) is 0 Å². The molecule has 1 saturated heterocycles. The molecule has 1 aliphatic heterocycles. The van der Waals surface area contributed by atoms with Gasteiger partial charge < -0.3 is 14.6 Å². The standard InChI is InChI=1S/C31H32ClNO5/c1-6-37-22-10-8-9-21(17-22)33-27(19-11-13-20(14-12-19)31(3,4)5)26(29(35)30(33)36)28(34)24-18-23(38-7-2)15-16-25(24)32/h8-18,27,34H,6-7H2,1-5H3/b28-26+. The van der Waals surface area contributed by atoms with Gasteiger partial charge >= 0.3 is 0 Å². The number of ether oxygens (including phenoxy) is 2. The lowest BCUT2D eigenvalue weighted by Crippen LogP contribution is -2.29. The third-order valence-electron chi connectivity index (χ3n) is 6.45. The van der Waals surface area contributed by atoms with Crippen LogP contribution in [-0.2, 0) is 15.0 Å². The normalized spacial score (nSPS) is 17.1. The number of aliphatic hydroxyl groups excluding tert-OH is 1. The van der Waals surface area contributed by atoms with Crippen molar-refractivity contribution in [2.24, 2.45) is 0 Å². The van der Waals surface area contributed by atoms with Crippen LogP contribution in [0.4, 0.5) is 5.69 Å². The number of halogens is 1. The van der Waals surface area contributed by atoms with Crippen LogP contribution in [0.25, 0.3) is 5.76 Å². The van der Waals surface area contributed by atoms with Gasteiger partial charge in [0.25, 0.3) is 11.7 Å². The SMILES string of the molecule is CCOc1cccc(N2C(=O)C(=O)/C(=C(/O)c3cc(OCC)ccc3Cl)C2c2ccc(C(C)(C)C)cc2)c1. The Bertz CT molecular complexity index is 1390. The van der Waals surface area contributed by atoms with Crippen molar-refractivity contribution in [2.45, 2.75) is 46.1 Å². The van der Waals surface area contributed by atoms with Gasteiger partial charge in [0.1, 0.15) is 17.3 Å². The van der Waals surface area contributed by atoms with E-state index in [2.05, 4.69) is 20.8 Å². The topological polar surface area (TPSA) is 76.1 Å². The highest BCUT2D eigenvalue weighted by Crippen LogP contribution is 2.44. The molecule has 38 heavy (non-hydrogen) atoms. The number of carbonyl (C=O) groups excluding carboxylic acids is 2. The average Bonchev–Trinajstić information content (AvgIpc) is 3.15. The molecule has 0 radical (unpaired) electrons. The molecule has 7 heteroatoms. The van der Waals surface area contributed by atoms with Crippen LogP contribution >= 0.6 is 11.6 Å². The van der Waals surface area contributed by atoms with E-state index >= 15 is 0 Å². The third kappa shape index (κ3) is 5.27. The fourth-order valence-electron chi connectivity index (χ4n) is 4.56. The van der Waals surface area contributed by atoms with E-state index in [0.717, 1.165) is 5.56 Å². The summed E-state index contributed by atoms with van der Waals surface area (Å²) in [4.78, 5) is 28.5. The van der Waals surface area contributed by atoms with E-state index < -0.39 is 17.7 Å². The summed E-state index contributed by atoms with van der Waals surface area (Å²) < 4.78 is 11.2. The largest absolute Gasteiger partial charge is 0.507 e. The van der Waals surface area contributed by atoms with Gasteiger partial charge in [-0.05, 0) is 60.7 Å². The molecule has 1 amide bonds. The molecule has 0 aliphatic carbocycles. The van der Waals surface area contributed by atoms with Gasteiger partial charge in [-0.2, -0.15) is 0 Å². The summed E-state index contributed by atoms with van der Waals surface area (Å²) in [5, 5.41) is 11.7. The lowest BCUT2D eigenvalue weighted by Gasteiger charge is -2.27. The lowest BCUT2D eigenvalue weighted by molar-refractivity contribution is -0.132. The van der Waals surface area contributed by atoms with Crippen molar-refractivity contribution in [3.8, 4) is 11.5 Å². The molecule has 0 aromatic heterocycles. The maximum absolute atomic E-state index is 13.5. The predicted octanol–water partition coefficient (Wildman–Crippen LogP) is 7.06. The van der Waals surface area contributed by atoms with E-state index in [1.54, 1.807) is 42.5 Å². The third-order valence-corrected chi connectivity index (χ3v) is 6.78. The highest BCUT2D eigenvalue weighted by Gasteiger charge is 2.47. The monoisotopic (exact) mass is 533 g/mol. The predicted molar refractivity (Wildman–Crippen MR) is 150 cm³/mol. The van der Waals surface area contributed by atoms with Crippen LogP contribution in [-0.4, -0.2) is 30.0 Å². The molecule has 1 atom stereocenters. The number of carbonyl (C=O) groups is 2. The Hall–Kier alpha value is -3.77. The number of hydrogen-bond acceptors (Lipinski definition) is 5. The quantitative estimate of drug-likeness (QED) is 0.200. The summed E-state index contributed by atoms with van der Waals surface area (Å²) in [7, 11) is 0. The van der Waals surface area contributed by atoms with Crippen LogP contribution in [0.2, 0.25) is 5.02 Å². The number of nitrogens with zero attached hydrogens (tertiary/aromatic N) is 1. The number of amides is 1. The molecule has 3 aromatic rings. The van der Waals surface area contributed by atoms with Gasteiger partial charge in [0, 0.05) is 17.3 Å². The first-order chi connectivity index (χ1) is 18.1. The number of anilines is 1. The summed E-state index contributed by atoms with van der Waals surface area (Å²) in [6.45, 7) is 10.9. The molecule has 1 aliphatic rings. The Kier molecular flexibility index (Phi) is 7.83. The molecule has 4 rings (SSSR count). The molecule has 0 saturated carbocycles. The van der Waals surface area contributed by atoms with Crippen LogP contribution in [0.1, 0.15) is 57.4 Å². The van der Waals surface area contributed by atoms with Crippen molar-refractivity contribution in [2.75, 3.05) is 18.1 Å². The highest BCUT2D eigenvalue weighted by atomic mass is 35.5. The van der Waals surface area contributed by atoms with E-state index in [1.807, 2.05) is 38.1 Å². The Morgan fingerprint density at radius 2 is 1.55 bits per heavy atom. The van der Waals surface area contributed by atoms with Gasteiger partial charge in [-0.3, -0.25) is 14.5 Å². The summed E-state index contributed by atoms with van der Waals surface area (Å²) in [5.41, 5.74) is 2.35. The molecule has 0 bridgehead atoms. The Labute approximate surface area is 228 Å². The smallest absolute Gasteiger partial charge is 0.300 e. The zero-order valence-corrected chi connectivity index (χ0v) is 23.0. The molecular weight excluding hydrogens is 502 g/mol. The molecule has 198 valence electrons. The average molecular weight is 534 g/mol. The van der Waals surface area contributed by atoms with Crippen LogP contribution in [0.3, 0.4) is 0 Å². The Morgan fingerprint density at radius 1 is 0.921 bits per heavy atom. The van der Waals surface area contributed by atoms with Gasteiger partial charge in [-0.25, -0.2) is 0 Å². The van der Waals surface area contributed by atoms with Gasteiger partial charge in [0.2, 0.25) is 0 Å². The number of ketones is 1. The molecule has 1 unspecified atom stereocenters.